The maximum absolute atomic E-state index is 12.4. The van der Waals surface area contributed by atoms with Gasteiger partial charge in [-0.25, -0.2) is 18.2 Å². The molecule has 11 heteroatoms. The number of sulfone groups is 1. The smallest absolute Gasteiger partial charge is 0.321 e. The average Bonchev–Trinajstić information content (AvgIpc) is 3.53. The molecule has 3 heterocycles. The summed E-state index contributed by atoms with van der Waals surface area (Å²) in [6.07, 6.45) is 7.83. The van der Waals surface area contributed by atoms with Crippen molar-refractivity contribution in [1.82, 2.24) is 20.2 Å². The van der Waals surface area contributed by atoms with Gasteiger partial charge in [0.05, 0.1) is 15.1 Å². The van der Waals surface area contributed by atoms with Crippen molar-refractivity contribution in [3.8, 4) is 11.1 Å². The number of aromatic nitrogens is 2. The maximum atomic E-state index is 12.4. The van der Waals surface area contributed by atoms with Gasteiger partial charge < -0.3 is 10.2 Å². The van der Waals surface area contributed by atoms with Crippen molar-refractivity contribution in [2.75, 3.05) is 24.7 Å². The zero-order valence-electron chi connectivity index (χ0n) is 18.7. The van der Waals surface area contributed by atoms with Gasteiger partial charge >= 0.3 is 6.03 Å². The molecule has 1 saturated carbocycles. The number of urea groups is 1. The molecule has 0 unspecified atom stereocenters. The van der Waals surface area contributed by atoms with Crippen LogP contribution in [0.2, 0.25) is 0 Å². The Morgan fingerprint density at radius 1 is 1.18 bits per heavy atom. The normalized spacial score (nSPS) is 19.5. The minimum absolute atomic E-state index is 0.106. The monoisotopic (exact) mass is 499 g/mol. The topological polar surface area (TPSA) is 121 Å². The third-order valence-corrected chi connectivity index (χ3v) is 8.45. The van der Waals surface area contributed by atoms with Crippen LogP contribution < -0.4 is 10.6 Å². The van der Waals surface area contributed by atoms with Crippen molar-refractivity contribution in [1.29, 1.82) is 0 Å². The van der Waals surface area contributed by atoms with E-state index in [0.717, 1.165) is 41.4 Å². The van der Waals surface area contributed by atoms with Gasteiger partial charge in [0.1, 0.15) is 0 Å². The average molecular weight is 500 g/mol. The Hall–Kier alpha value is -3.05. The Morgan fingerprint density at radius 2 is 2.03 bits per heavy atom. The van der Waals surface area contributed by atoms with Gasteiger partial charge in [0.2, 0.25) is 5.91 Å². The van der Waals surface area contributed by atoms with Crippen molar-refractivity contribution in [2.24, 2.45) is 5.92 Å². The summed E-state index contributed by atoms with van der Waals surface area (Å²) < 4.78 is 24.5. The molecule has 1 aliphatic carbocycles. The molecule has 2 bridgehead atoms. The zero-order chi connectivity index (χ0) is 23.9. The number of carbonyl (C=O) groups is 2. The Balaban J connectivity index is 1.19. The highest BCUT2D eigenvalue weighted by molar-refractivity contribution is 7.90. The summed E-state index contributed by atoms with van der Waals surface area (Å²) >= 11 is 1.32. The van der Waals surface area contributed by atoms with Crippen molar-refractivity contribution in [3.05, 3.63) is 36.7 Å². The van der Waals surface area contributed by atoms with Gasteiger partial charge in [0, 0.05) is 49.8 Å². The molecule has 2 N–H and O–H groups in total. The van der Waals surface area contributed by atoms with Crippen LogP contribution in [0.3, 0.4) is 0 Å². The summed E-state index contributed by atoms with van der Waals surface area (Å²) in [5.41, 5.74) is 2.20. The van der Waals surface area contributed by atoms with E-state index in [-0.39, 0.29) is 17.3 Å². The van der Waals surface area contributed by atoms with Crippen LogP contribution in [0.15, 0.2) is 41.6 Å². The predicted molar refractivity (Wildman–Crippen MR) is 130 cm³/mol. The van der Waals surface area contributed by atoms with Crippen molar-refractivity contribution >= 4 is 48.5 Å². The number of rotatable bonds is 6. The van der Waals surface area contributed by atoms with E-state index in [1.165, 1.54) is 24.0 Å². The lowest BCUT2D eigenvalue weighted by Gasteiger charge is -2.27. The van der Waals surface area contributed by atoms with Crippen molar-refractivity contribution < 1.29 is 18.0 Å². The van der Waals surface area contributed by atoms with Gasteiger partial charge in [-0.3, -0.25) is 15.1 Å². The summed E-state index contributed by atoms with van der Waals surface area (Å²) in [6.45, 7) is 1.13. The number of hydrogen-bond acceptors (Lipinski definition) is 7. The molecular formula is C23H25N5O4S2. The van der Waals surface area contributed by atoms with E-state index in [1.54, 1.807) is 12.3 Å². The van der Waals surface area contributed by atoms with E-state index in [4.69, 9.17) is 0 Å². The first-order valence-electron chi connectivity index (χ1n) is 11.2. The third-order valence-electron chi connectivity index (χ3n) is 6.44. The van der Waals surface area contributed by atoms with Crippen LogP contribution >= 0.6 is 11.3 Å². The molecule has 0 radical (unpaired) electrons. The molecule has 1 aromatic carbocycles. The first kappa shape index (κ1) is 22.7. The Labute approximate surface area is 201 Å². The Bertz CT molecular complexity index is 1370. The van der Waals surface area contributed by atoms with Crippen LogP contribution in [0.4, 0.5) is 9.93 Å². The molecule has 34 heavy (non-hydrogen) atoms. The second-order valence-corrected chi connectivity index (χ2v) is 11.9. The van der Waals surface area contributed by atoms with Crippen LogP contribution in [0.25, 0.3) is 21.3 Å². The number of likely N-dealkylation sites (tertiary alicyclic amines) is 1. The number of amides is 3. The van der Waals surface area contributed by atoms with Crippen LogP contribution in [-0.2, 0) is 14.6 Å². The van der Waals surface area contributed by atoms with E-state index in [2.05, 4.69) is 20.6 Å². The first-order valence-corrected chi connectivity index (χ1v) is 13.9. The number of anilines is 1. The molecule has 178 valence electrons. The number of carbonyl (C=O) groups excluding carboxylic acids is 2. The summed E-state index contributed by atoms with van der Waals surface area (Å²) in [7, 11) is -3.36. The number of pyridine rings is 1. The number of piperidine rings is 1. The fraction of sp³-hybridized carbons (Fsp3) is 0.391. The van der Waals surface area contributed by atoms with Gasteiger partial charge in [0.25, 0.3) is 0 Å². The van der Waals surface area contributed by atoms with Crippen LogP contribution in [0, 0.1) is 5.92 Å². The molecule has 2 fully saturated rings. The fourth-order valence-corrected chi connectivity index (χ4v) is 6.23. The minimum atomic E-state index is -3.36. The quantitative estimate of drug-likeness (QED) is 0.537. The highest BCUT2D eigenvalue weighted by Crippen LogP contribution is 2.37. The summed E-state index contributed by atoms with van der Waals surface area (Å²) in [5.74, 6) is 0.763. The van der Waals surface area contributed by atoms with Crippen LogP contribution in [-0.4, -0.2) is 60.6 Å². The van der Waals surface area contributed by atoms with Crippen molar-refractivity contribution in [3.63, 3.8) is 0 Å². The second kappa shape index (κ2) is 8.95. The van der Waals surface area contributed by atoms with Gasteiger partial charge in [-0.15, -0.1) is 0 Å². The summed E-state index contributed by atoms with van der Waals surface area (Å²) in [6, 6.07) is 7.13. The molecule has 3 amide bonds. The highest BCUT2D eigenvalue weighted by Gasteiger charge is 2.39. The van der Waals surface area contributed by atoms with E-state index < -0.39 is 15.9 Å². The molecular weight excluding hydrogens is 474 g/mol. The van der Waals surface area contributed by atoms with Gasteiger partial charge in [-0.1, -0.05) is 17.4 Å². The van der Waals surface area contributed by atoms with Crippen LogP contribution in [0.1, 0.15) is 25.7 Å². The maximum Gasteiger partial charge on any atom is 0.321 e. The first-order chi connectivity index (χ1) is 16.3. The molecule has 0 spiro atoms. The molecule has 1 saturated heterocycles. The number of hydrogen-bond donors (Lipinski definition) is 2. The van der Waals surface area contributed by atoms with Gasteiger partial charge in [0.15, 0.2) is 15.0 Å². The Morgan fingerprint density at radius 3 is 2.76 bits per heavy atom. The number of nitrogens with zero attached hydrogens (tertiary/aromatic N) is 3. The predicted octanol–water partition coefficient (Wildman–Crippen LogP) is 3.28. The third kappa shape index (κ3) is 4.76. The number of fused-ring (bicyclic) bond motifs is 3. The lowest BCUT2D eigenvalue weighted by Crippen LogP contribution is -2.40. The SMILES string of the molecule is CS(=O)(=O)c1cncc(-c2ccc3nc(NC(=O)NCCC(=O)N4C[C@H]5CC[C@@H]4C5)sc3c2)c1. The molecule has 2 aromatic heterocycles. The number of benzene rings is 1. The van der Waals surface area contributed by atoms with Crippen molar-refractivity contribution in [2.45, 2.75) is 36.6 Å². The fourth-order valence-electron chi connectivity index (χ4n) is 4.74. The lowest BCUT2D eigenvalue weighted by atomic mass is 10.1. The van der Waals surface area contributed by atoms with E-state index in [9.17, 15) is 18.0 Å². The van der Waals surface area contributed by atoms with E-state index in [0.29, 0.717) is 29.1 Å². The zero-order valence-corrected chi connectivity index (χ0v) is 20.3. The Kier molecular flexibility index (Phi) is 5.98. The van der Waals surface area contributed by atoms with E-state index in [1.807, 2.05) is 23.1 Å². The van der Waals surface area contributed by atoms with Crippen LogP contribution in [0.5, 0.6) is 0 Å². The summed E-state index contributed by atoms with van der Waals surface area (Å²) in [5, 5.41) is 5.91. The van der Waals surface area contributed by atoms with Gasteiger partial charge in [-0.05, 0) is 48.9 Å². The highest BCUT2D eigenvalue weighted by atomic mass is 32.2. The molecule has 5 rings (SSSR count). The lowest BCUT2D eigenvalue weighted by molar-refractivity contribution is -0.132. The van der Waals surface area contributed by atoms with E-state index >= 15 is 0 Å². The minimum Gasteiger partial charge on any atom is -0.339 e. The standard InChI is InChI=1S/C23H25N5O4S2/c1-34(31,32)18-9-16(11-24-12-18)15-3-5-19-20(10-15)33-23(26-19)27-22(30)25-7-6-21(29)28-13-14-2-4-17(28)8-14/h3,5,9-12,14,17H,2,4,6-8,13H2,1H3,(H2,25,26,27,30)/t14-,17+/m0/s1. The molecule has 9 nitrogen and oxygen atoms in total. The molecule has 2 atom stereocenters. The molecule has 2 aliphatic rings. The number of nitrogens with one attached hydrogen (secondary N) is 2. The molecule has 3 aromatic rings. The number of thiazole rings is 1. The van der Waals surface area contributed by atoms with Gasteiger partial charge in [-0.2, -0.15) is 0 Å². The summed E-state index contributed by atoms with van der Waals surface area (Å²) in [4.78, 5) is 35.3. The second-order valence-electron chi connectivity index (χ2n) is 8.89. The largest absolute Gasteiger partial charge is 0.339 e. The molecule has 1 aliphatic heterocycles.